The second-order valence-electron chi connectivity index (χ2n) is 19.0. The highest BCUT2D eigenvalue weighted by molar-refractivity contribution is 7.51. The molecule has 2 aromatic heterocycles. The molecule has 0 saturated carbocycles. The van der Waals surface area contributed by atoms with Crippen LogP contribution in [0.25, 0.3) is 10.8 Å². The summed E-state index contributed by atoms with van der Waals surface area (Å²) in [5, 5.41) is 22.7. The molecule has 2 saturated heterocycles. The Kier molecular flexibility index (Phi) is 22.5. The van der Waals surface area contributed by atoms with Crippen molar-refractivity contribution in [3.63, 3.8) is 0 Å². The number of hydrogen-bond acceptors (Lipinski definition) is 18. The molecule has 4 heterocycles. The number of carbonyl (C=O) groups excluding carboxylic acids is 2. The van der Waals surface area contributed by atoms with Gasteiger partial charge in [0.05, 0.1) is 65.2 Å². The minimum atomic E-state index is -4.12. The predicted molar refractivity (Wildman–Crippen MR) is 295 cm³/mol. The molecule has 1 aliphatic carbocycles. The zero-order valence-corrected chi connectivity index (χ0v) is 48.2. The molecule has 8 rings (SSSR count). The Morgan fingerprint density at radius 2 is 1.15 bits per heavy atom. The lowest BCUT2D eigenvalue weighted by molar-refractivity contribution is -0.0457. The van der Waals surface area contributed by atoms with Crippen LogP contribution < -0.4 is 32.0 Å². The minimum Gasteiger partial charge on any atom is -0.496 e. The first kappa shape index (κ1) is 64.0. The van der Waals surface area contributed by atoms with Crippen molar-refractivity contribution in [3.05, 3.63) is 149 Å². The number of unbranched alkanes of at least 4 members (excludes halogenated alkanes) is 2. The molecule has 2 fully saturated rings. The van der Waals surface area contributed by atoms with E-state index in [9.17, 15) is 56.9 Å². The number of alkyl halides is 2. The number of ketones is 2. The highest BCUT2D eigenvalue weighted by atomic mass is 35.5. The molecule has 0 spiro atoms. The zero-order chi connectivity index (χ0) is 59.5. The number of nitrogens with zero attached hydrogens (tertiary/aromatic N) is 4. The van der Waals surface area contributed by atoms with Crippen LogP contribution in [0.3, 0.4) is 0 Å². The van der Waals surface area contributed by atoms with Crippen LogP contribution in [0, 0.1) is 11.6 Å². The molecule has 24 nitrogen and oxygen atoms in total. The van der Waals surface area contributed by atoms with E-state index >= 15 is 0 Å². The van der Waals surface area contributed by atoms with E-state index in [4.69, 9.17) is 60.2 Å². The second-order valence-corrected chi connectivity index (χ2v) is 24.0. The fraction of sp³-hybridized carbons (Fsp3) is 0.462. The number of fused-ring (bicyclic) bond motifs is 2. The highest BCUT2D eigenvalue weighted by Gasteiger charge is 2.42. The van der Waals surface area contributed by atoms with E-state index in [0.29, 0.717) is 73.4 Å². The van der Waals surface area contributed by atoms with Crippen molar-refractivity contribution in [2.24, 2.45) is 0 Å². The molecule has 30 heteroatoms. The van der Waals surface area contributed by atoms with Crippen molar-refractivity contribution in [2.75, 3.05) is 73.0 Å². The number of aromatic amines is 2. The fourth-order valence-electron chi connectivity index (χ4n) is 9.01. The quantitative estimate of drug-likeness (QED) is 0.0272. The molecule has 446 valence electrons. The maximum Gasteiger partial charge on any atom is 0.408 e. The summed E-state index contributed by atoms with van der Waals surface area (Å²) in [6.07, 6.45) is -1.90. The Bertz CT molecular complexity index is 3480. The van der Waals surface area contributed by atoms with E-state index in [1.807, 2.05) is 34.2 Å². The Morgan fingerprint density at radius 3 is 1.63 bits per heavy atom. The van der Waals surface area contributed by atoms with Gasteiger partial charge in [0.25, 0.3) is 11.1 Å². The van der Waals surface area contributed by atoms with Crippen molar-refractivity contribution in [3.8, 4) is 11.5 Å². The Balaban J connectivity index is 0.000000236. The third kappa shape index (κ3) is 15.2. The monoisotopic (exact) mass is 1230 g/mol. The van der Waals surface area contributed by atoms with Gasteiger partial charge in [-0.1, -0.05) is 48.5 Å². The molecule has 8 unspecified atom stereocenters. The van der Waals surface area contributed by atoms with Gasteiger partial charge in [-0.2, -0.15) is 8.78 Å². The van der Waals surface area contributed by atoms with E-state index in [1.54, 1.807) is 32.4 Å². The van der Waals surface area contributed by atoms with Gasteiger partial charge in [-0.05, 0) is 51.9 Å². The summed E-state index contributed by atoms with van der Waals surface area (Å²) >= 11 is 11.6. The number of ether oxygens (including phenoxy) is 4. The van der Waals surface area contributed by atoms with Crippen LogP contribution in [0.15, 0.2) is 97.8 Å². The normalized spacial score (nSPS) is 21.2. The van der Waals surface area contributed by atoms with E-state index in [-0.39, 0.29) is 55.1 Å². The summed E-state index contributed by atoms with van der Waals surface area (Å²) in [6, 6.07) is 15.6. The lowest BCUT2D eigenvalue weighted by Gasteiger charge is -2.29. The molecule has 4 N–H and O–H groups in total. The lowest BCUT2D eigenvalue weighted by atomic mass is 9.90. The molecule has 5 aromatic rings. The van der Waals surface area contributed by atoms with Crippen molar-refractivity contribution in [1.82, 2.24) is 28.4 Å². The van der Waals surface area contributed by atoms with Gasteiger partial charge in [0, 0.05) is 70.7 Å². The molecule has 3 aromatic carbocycles. The van der Waals surface area contributed by atoms with Crippen LogP contribution in [0.4, 0.5) is 8.78 Å². The van der Waals surface area contributed by atoms with E-state index in [1.165, 1.54) is 35.6 Å². The number of rotatable bonds is 26. The van der Waals surface area contributed by atoms with Gasteiger partial charge in [-0.15, -0.1) is 23.2 Å². The molecule has 0 radical (unpaired) electrons. The minimum absolute atomic E-state index is 0.00151. The number of H-pyrrole nitrogens is 2. The third-order valence-electron chi connectivity index (χ3n) is 13.5. The van der Waals surface area contributed by atoms with Crippen LogP contribution >= 0.6 is 38.7 Å². The first-order chi connectivity index (χ1) is 39.1. The SMILES string of the molecule is CN(CCCCCl)P(=O)(OCC1=CC(=O)c2ccccc2C1=O)OCC1OC(n2cc(F)c(=O)[nH]c2=O)CC1O.COc1cc(COP(=O)(OCC2OC(n3cc(F)c(=O)[nH]c3=O)CC2O)N(C)CCCCCl)c(OC)c2ccccc12. The number of allylic oxidation sites excluding steroid dienone is 1. The number of aromatic nitrogens is 4. The van der Waals surface area contributed by atoms with Crippen LogP contribution in [-0.2, 0) is 43.3 Å². The lowest BCUT2D eigenvalue weighted by Crippen LogP contribution is -2.34. The topological polar surface area (TPSA) is 299 Å². The van der Waals surface area contributed by atoms with Gasteiger partial charge in [-0.3, -0.25) is 56.4 Å². The molecule has 3 aliphatic rings. The van der Waals surface area contributed by atoms with Crippen molar-refractivity contribution in [2.45, 2.75) is 82.0 Å². The number of carbonyl (C=O) groups is 2. The van der Waals surface area contributed by atoms with Crippen LogP contribution in [-0.4, -0.2) is 148 Å². The summed E-state index contributed by atoms with van der Waals surface area (Å²) in [6.45, 7) is -0.882. The first-order valence-corrected chi connectivity index (χ1v) is 29.7. The summed E-state index contributed by atoms with van der Waals surface area (Å²) < 4.78 is 106. The average Bonchev–Trinajstić information content (AvgIpc) is 3.92. The maximum absolute atomic E-state index is 14.1. The summed E-state index contributed by atoms with van der Waals surface area (Å²) in [4.78, 5) is 76.1. The number of nitrogens with one attached hydrogen (secondary N) is 2. The van der Waals surface area contributed by atoms with E-state index in [0.717, 1.165) is 26.0 Å². The number of aliphatic hydroxyl groups is 2. The number of aliphatic hydroxyl groups excluding tert-OH is 2. The molecule has 2 aliphatic heterocycles. The van der Waals surface area contributed by atoms with Gasteiger partial charge in [-0.25, -0.2) is 28.1 Å². The van der Waals surface area contributed by atoms with Crippen LogP contribution in [0.1, 0.15) is 77.3 Å². The Hall–Kier alpha value is -5.54. The largest absolute Gasteiger partial charge is 0.496 e. The molecular weight excluding hydrogens is 1170 g/mol. The standard InChI is InChI=1S/C27H34ClFN3O9P.C25H28ClFN3O9P/c1-31(11-7-6-10-28)42(36,39-15-17-12-22(37-2)18-8-4-5-9-19(18)25(17)38-3)40-16-23-21(33)13-24(41-23)32-14-20(29)26(34)30-27(32)35;1-29(9-5-4-8-26)40(36,37-13-15-10-19(31)16-6-2-3-7-17(16)23(15)33)38-14-21-20(32)11-22(39-21)30-12-18(27)24(34)28-25(30)35/h4-5,8-9,12,14,21,23-24,33H,6-7,10-11,13,15-16H2,1-3H3,(H,30,34,35);2-3,6-7,10,12,20-22,32H,4-5,8-9,11,13-14H2,1H3,(H,28,34,35). The van der Waals surface area contributed by atoms with Gasteiger partial charge in [0.2, 0.25) is 11.6 Å². The average molecular weight is 1230 g/mol. The summed E-state index contributed by atoms with van der Waals surface area (Å²) in [7, 11) is -1.97. The number of Topliss-reactive ketones (excluding diaryl/α,β-unsaturated/α-hetero) is 1. The van der Waals surface area contributed by atoms with Crippen molar-refractivity contribution >= 4 is 61.0 Å². The molecular formula is C52H62Cl2F2N6O18P2. The number of benzene rings is 3. The zero-order valence-electron chi connectivity index (χ0n) is 44.9. The van der Waals surface area contributed by atoms with Crippen LogP contribution in [0.5, 0.6) is 11.5 Å². The molecule has 82 heavy (non-hydrogen) atoms. The van der Waals surface area contributed by atoms with Gasteiger partial charge >= 0.3 is 26.9 Å². The fourth-order valence-corrected chi connectivity index (χ4v) is 12.4. The predicted octanol–water partition coefficient (Wildman–Crippen LogP) is 6.21. The first-order valence-electron chi connectivity index (χ1n) is 25.7. The van der Waals surface area contributed by atoms with Gasteiger partial charge in [0.15, 0.2) is 11.6 Å². The summed E-state index contributed by atoms with van der Waals surface area (Å²) in [5.74, 6) is -1.28. The second kappa shape index (κ2) is 28.8. The van der Waals surface area contributed by atoms with Gasteiger partial charge in [0.1, 0.15) is 36.2 Å². The number of halogens is 4. The van der Waals surface area contributed by atoms with Gasteiger partial charge < -0.3 is 29.2 Å². The van der Waals surface area contributed by atoms with Crippen LogP contribution in [0.2, 0.25) is 0 Å². The Labute approximate surface area is 477 Å². The highest BCUT2D eigenvalue weighted by Crippen LogP contribution is 2.54. The van der Waals surface area contributed by atoms with E-state index < -0.39 is 105 Å². The number of hydrogen-bond donors (Lipinski definition) is 4. The van der Waals surface area contributed by atoms with Crippen molar-refractivity contribution in [1.29, 1.82) is 0 Å². The molecule has 8 atom stereocenters. The smallest absolute Gasteiger partial charge is 0.408 e. The summed E-state index contributed by atoms with van der Waals surface area (Å²) in [5.41, 5.74) is -3.13. The third-order valence-corrected chi connectivity index (χ3v) is 18.0. The van der Waals surface area contributed by atoms with E-state index in [2.05, 4.69) is 0 Å². The maximum atomic E-state index is 14.1. The molecule has 0 bridgehead atoms. The molecule has 0 amide bonds. The van der Waals surface area contributed by atoms with Crippen molar-refractivity contribution < 1.29 is 74.8 Å². The number of methoxy groups -OCH3 is 2. The Morgan fingerprint density at radius 1 is 0.671 bits per heavy atom.